The van der Waals surface area contributed by atoms with Gasteiger partial charge in [0.2, 0.25) is 0 Å². The molecule has 4 heteroatoms. The van der Waals surface area contributed by atoms with Crippen molar-refractivity contribution < 1.29 is 4.74 Å². The molecule has 3 nitrogen and oxygen atoms in total. The molecule has 2 aromatic carbocycles. The van der Waals surface area contributed by atoms with Crippen LogP contribution in [-0.2, 0) is 6.42 Å². The zero-order valence-electron chi connectivity index (χ0n) is 11.8. The van der Waals surface area contributed by atoms with Gasteiger partial charge in [-0.05, 0) is 12.1 Å². The van der Waals surface area contributed by atoms with Crippen LogP contribution >= 0.6 is 11.6 Å². The van der Waals surface area contributed by atoms with Gasteiger partial charge in [-0.15, -0.1) is 0 Å². The van der Waals surface area contributed by atoms with Crippen LogP contribution in [0.5, 0.6) is 5.75 Å². The summed E-state index contributed by atoms with van der Waals surface area (Å²) in [5, 5.41) is 0.504. The fourth-order valence-electron chi connectivity index (χ4n) is 2.67. The van der Waals surface area contributed by atoms with Gasteiger partial charge in [0.25, 0.3) is 0 Å². The van der Waals surface area contributed by atoms with Crippen molar-refractivity contribution in [3.63, 3.8) is 0 Å². The van der Waals surface area contributed by atoms with Crippen molar-refractivity contribution in [3.05, 3.63) is 65.3 Å². The van der Waals surface area contributed by atoms with Gasteiger partial charge in [0.05, 0.1) is 12.3 Å². The highest BCUT2D eigenvalue weighted by molar-refractivity contribution is 6.30. The lowest BCUT2D eigenvalue weighted by atomic mass is 10.0. The highest BCUT2D eigenvalue weighted by Gasteiger charge is 2.21. The maximum absolute atomic E-state index is 6.43. The topological polar surface area (TPSA) is 35.0 Å². The maximum atomic E-state index is 6.43. The summed E-state index contributed by atoms with van der Waals surface area (Å²) < 4.78 is 5.81. The first kappa shape index (κ1) is 13.3. The van der Waals surface area contributed by atoms with Gasteiger partial charge in [-0.2, -0.15) is 0 Å². The van der Waals surface area contributed by atoms with Crippen LogP contribution in [0.1, 0.15) is 5.56 Å². The Bertz CT molecular complexity index is 834. The molecule has 0 unspecified atom stereocenters. The molecule has 0 spiro atoms. The lowest BCUT2D eigenvalue weighted by Crippen LogP contribution is -2.02. The molecule has 0 amide bonds. The molecule has 22 heavy (non-hydrogen) atoms. The maximum Gasteiger partial charge on any atom is 0.161 e. The third-order valence-corrected chi connectivity index (χ3v) is 4.05. The summed E-state index contributed by atoms with van der Waals surface area (Å²) in [6.07, 6.45) is 0.706. The van der Waals surface area contributed by atoms with E-state index in [0.29, 0.717) is 24.0 Å². The van der Waals surface area contributed by atoms with Crippen LogP contribution in [0.2, 0.25) is 5.15 Å². The minimum Gasteiger partial charge on any atom is -0.493 e. The summed E-state index contributed by atoms with van der Waals surface area (Å²) in [6, 6.07) is 17.8. The molecule has 0 saturated carbocycles. The molecule has 0 radical (unpaired) electrons. The number of halogens is 1. The van der Waals surface area contributed by atoms with Gasteiger partial charge in [0.15, 0.2) is 5.82 Å². The van der Waals surface area contributed by atoms with Crippen molar-refractivity contribution in [2.75, 3.05) is 6.61 Å². The Kier molecular flexibility index (Phi) is 3.28. The van der Waals surface area contributed by atoms with E-state index in [2.05, 4.69) is 4.98 Å². The van der Waals surface area contributed by atoms with Gasteiger partial charge in [-0.1, -0.05) is 54.1 Å². The molecule has 108 valence electrons. The molecular formula is C18H13ClN2O. The number of aromatic nitrogens is 2. The smallest absolute Gasteiger partial charge is 0.161 e. The second-order valence-corrected chi connectivity index (χ2v) is 5.48. The minimum atomic E-state index is 0.504. The summed E-state index contributed by atoms with van der Waals surface area (Å²) in [5.41, 5.74) is 3.74. The van der Waals surface area contributed by atoms with Crippen LogP contribution in [0.15, 0.2) is 54.6 Å². The number of fused-ring (bicyclic) bond motifs is 3. The van der Waals surface area contributed by atoms with Crippen LogP contribution in [0.25, 0.3) is 22.6 Å². The van der Waals surface area contributed by atoms with E-state index in [4.69, 9.17) is 21.3 Å². The molecular weight excluding hydrogens is 296 g/mol. The predicted molar refractivity (Wildman–Crippen MR) is 87.1 cm³/mol. The number of rotatable bonds is 1. The van der Waals surface area contributed by atoms with Crippen molar-refractivity contribution in [1.29, 1.82) is 0 Å². The number of hydrogen-bond donors (Lipinski definition) is 0. The van der Waals surface area contributed by atoms with Crippen LogP contribution in [0.3, 0.4) is 0 Å². The number of ether oxygens (including phenoxy) is 1. The monoisotopic (exact) mass is 308 g/mol. The summed E-state index contributed by atoms with van der Waals surface area (Å²) in [6.45, 7) is 0.581. The van der Waals surface area contributed by atoms with Gasteiger partial charge in [-0.25, -0.2) is 9.97 Å². The zero-order valence-corrected chi connectivity index (χ0v) is 12.5. The Morgan fingerprint density at radius 2 is 1.68 bits per heavy atom. The van der Waals surface area contributed by atoms with Crippen LogP contribution in [-0.4, -0.2) is 16.6 Å². The van der Waals surface area contributed by atoms with Crippen molar-refractivity contribution in [2.24, 2.45) is 0 Å². The molecule has 0 saturated heterocycles. The van der Waals surface area contributed by atoms with E-state index in [0.717, 1.165) is 28.1 Å². The molecule has 0 bridgehead atoms. The van der Waals surface area contributed by atoms with Gasteiger partial charge < -0.3 is 4.74 Å². The molecule has 0 atom stereocenters. The van der Waals surface area contributed by atoms with E-state index < -0.39 is 0 Å². The number of nitrogens with zero attached hydrogens (tertiary/aromatic N) is 2. The van der Waals surface area contributed by atoms with Crippen molar-refractivity contribution in [2.45, 2.75) is 6.42 Å². The Hall–Kier alpha value is -2.39. The van der Waals surface area contributed by atoms with E-state index >= 15 is 0 Å². The number of hydrogen-bond acceptors (Lipinski definition) is 3. The lowest BCUT2D eigenvalue weighted by Gasteiger charge is -2.10. The Balaban J connectivity index is 1.96. The third-order valence-electron chi connectivity index (χ3n) is 3.74. The van der Waals surface area contributed by atoms with Gasteiger partial charge in [0, 0.05) is 23.1 Å². The zero-order chi connectivity index (χ0) is 14.9. The molecule has 1 aliphatic rings. The second-order valence-electron chi connectivity index (χ2n) is 5.13. The summed E-state index contributed by atoms with van der Waals surface area (Å²) >= 11 is 6.43. The summed E-state index contributed by atoms with van der Waals surface area (Å²) in [4.78, 5) is 9.24. The average Bonchev–Trinajstić information content (AvgIpc) is 2.76. The van der Waals surface area contributed by atoms with Crippen molar-refractivity contribution >= 4 is 11.6 Å². The molecule has 0 aliphatic carbocycles. The third kappa shape index (κ3) is 2.24. The Morgan fingerprint density at radius 1 is 0.909 bits per heavy atom. The molecule has 3 aromatic rings. The molecule has 2 heterocycles. The van der Waals surface area contributed by atoms with Gasteiger partial charge in [0.1, 0.15) is 10.9 Å². The SMILES string of the molecule is Clc1nc(-c2ccccc2)nc2c1CCOc1ccccc1-2. The molecule has 1 aliphatic heterocycles. The predicted octanol–water partition coefficient (Wildman–Crippen LogP) is 4.40. The quantitative estimate of drug-likeness (QED) is 0.625. The Morgan fingerprint density at radius 3 is 2.55 bits per heavy atom. The van der Waals surface area contributed by atoms with Gasteiger partial charge >= 0.3 is 0 Å². The Labute approximate surface area is 133 Å². The normalized spacial score (nSPS) is 12.8. The molecule has 0 fully saturated rings. The number of benzene rings is 2. The van der Waals surface area contributed by atoms with Crippen LogP contribution < -0.4 is 4.74 Å². The molecule has 1 aromatic heterocycles. The molecule has 0 N–H and O–H groups in total. The van der Waals surface area contributed by atoms with E-state index in [9.17, 15) is 0 Å². The van der Waals surface area contributed by atoms with Crippen molar-refractivity contribution in [3.8, 4) is 28.4 Å². The van der Waals surface area contributed by atoms with Crippen molar-refractivity contribution in [1.82, 2.24) is 9.97 Å². The second kappa shape index (κ2) is 5.43. The summed E-state index contributed by atoms with van der Waals surface area (Å²) in [5.74, 6) is 1.48. The van der Waals surface area contributed by atoms with E-state index in [1.54, 1.807) is 0 Å². The van der Waals surface area contributed by atoms with E-state index in [1.807, 2.05) is 54.6 Å². The number of para-hydroxylation sites is 1. The van der Waals surface area contributed by atoms with E-state index in [-0.39, 0.29) is 0 Å². The highest BCUT2D eigenvalue weighted by atomic mass is 35.5. The van der Waals surface area contributed by atoms with Gasteiger partial charge in [-0.3, -0.25) is 0 Å². The minimum absolute atomic E-state index is 0.504. The highest BCUT2D eigenvalue weighted by Crippen LogP contribution is 2.37. The first-order valence-corrected chi connectivity index (χ1v) is 7.55. The van der Waals surface area contributed by atoms with Crippen LogP contribution in [0, 0.1) is 0 Å². The lowest BCUT2D eigenvalue weighted by molar-refractivity contribution is 0.326. The largest absolute Gasteiger partial charge is 0.493 e. The summed E-state index contributed by atoms with van der Waals surface area (Å²) in [7, 11) is 0. The van der Waals surface area contributed by atoms with Crippen LogP contribution in [0.4, 0.5) is 0 Å². The average molecular weight is 309 g/mol. The standard InChI is InChI=1S/C18H13ClN2O/c19-17-14-10-11-22-15-9-5-4-8-13(15)16(14)20-18(21-17)12-6-2-1-3-7-12/h1-9H,10-11H2. The fraction of sp³-hybridized carbons (Fsp3) is 0.111. The fourth-order valence-corrected chi connectivity index (χ4v) is 2.93. The molecule has 4 rings (SSSR count). The van der Waals surface area contributed by atoms with E-state index in [1.165, 1.54) is 0 Å². The first-order chi connectivity index (χ1) is 10.8. The first-order valence-electron chi connectivity index (χ1n) is 7.17.